The van der Waals surface area contributed by atoms with Gasteiger partial charge < -0.3 is 5.32 Å². The minimum Gasteiger partial charge on any atom is -0.321 e. The van der Waals surface area contributed by atoms with Gasteiger partial charge in [-0.25, -0.2) is 14.6 Å². The van der Waals surface area contributed by atoms with Crippen LogP contribution in [0.15, 0.2) is 24.5 Å². The molecule has 138 valence electrons. The molecule has 4 heterocycles. The summed E-state index contributed by atoms with van der Waals surface area (Å²) in [6, 6.07) is 3.93. The number of anilines is 1. The van der Waals surface area contributed by atoms with E-state index in [0.717, 1.165) is 27.8 Å². The van der Waals surface area contributed by atoms with E-state index in [-0.39, 0.29) is 11.9 Å². The molecule has 1 amide bonds. The van der Waals surface area contributed by atoms with Gasteiger partial charge in [-0.05, 0) is 39.8 Å². The number of rotatable bonds is 3. The number of hydrogen-bond donors (Lipinski definition) is 1. The lowest BCUT2D eigenvalue weighted by Gasteiger charge is -2.10. The molecule has 0 aliphatic carbocycles. The van der Waals surface area contributed by atoms with Crippen LogP contribution < -0.4 is 5.32 Å². The van der Waals surface area contributed by atoms with Crippen LogP contribution in [0.5, 0.6) is 0 Å². The molecule has 0 radical (unpaired) electrons. The van der Waals surface area contributed by atoms with E-state index in [4.69, 9.17) is 0 Å². The van der Waals surface area contributed by atoms with Crippen LogP contribution in [0.4, 0.5) is 5.69 Å². The van der Waals surface area contributed by atoms with Gasteiger partial charge in [0.1, 0.15) is 0 Å². The summed E-state index contributed by atoms with van der Waals surface area (Å²) in [7, 11) is 1.85. The lowest BCUT2D eigenvalue weighted by molar-refractivity contribution is 0.102. The van der Waals surface area contributed by atoms with Gasteiger partial charge in [0.15, 0.2) is 11.3 Å². The molecule has 4 aromatic heterocycles. The molecule has 0 bridgehead atoms. The Labute approximate surface area is 156 Å². The topological polar surface area (TPSA) is 90.5 Å². The van der Waals surface area contributed by atoms with Crippen molar-refractivity contribution in [2.45, 2.75) is 33.7 Å². The van der Waals surface area contributed by atoms with Crippen molar-refractivity contribution in [3.63, 3.8) is 0 Å². The normalized spacial score (nSPS) is 11.6. The molecule has 8 heteroatoms. The van der Waals surface area contributed by atoms with Gasteiger partial charge in [-0.1, -0.05) is 0 Å². The van der Waals surface area contributed by atoms with Crippen LogP contribution in [0.3, 0.4) is 0 Å². The third kappa shape index (κ3) is 2.83. The van der Waals surface area contributed by atoms with Crippen LogP contribution in [0.2, 0.25) is 0 Å². The Hall–Kier alpha value is -3.29. The summed E-state index contributed by atoms with van der Waals surface area (Å²) in [6.07, 6.45) is 3.38. The molecule has 27 heavy (non-hydrogen) atoms. The van der Waals surface area contributed by atoms with Gasteiger partial charge in [-0.3, -0.25) is 9.48 Å². The van der Waals surface area contributed by atoms with Crippen LogP contribution in [-0.2, 0) is 7.05 Å². The van der Waals surface area contributed by atoms with Gasteiger partial charge in [0.05, 0.1) is 35.0 Å². The molecule has 0 aliphatic rings. The van der Waals surface area contributed by atoms with E-state index in [9.17, 15) is 4.79 Å². The fourth-order valence-corrected chi connectivity index (χ4v) is 3.25. The minimum atomic E-state index is -0.220. The number of amides is 1. The molecule has 0 fully saturated rings. The molecule has 4 aromatic rings. The number of carbonyl (C=O) groups is 1. The van der Waals surface area contributed by atoms with E-state index in [1.807, 2.05) is 51.6 Å². The third-order valence-electron chi connectivity index (χ3n) is 4.61. The third-order valence-corrected chi connectivity index (χ3v) is 4.61. The Morgan fingerprint density at radius 3 is 2.63 bits per heavy atom. The predicted octanol–water partition coefficient (Wildman–Crippen LogP) is 3.16. The minimum absolute atomic E-state index is 0.203. The lowest BCUT2D eigenvalue weighted by atomic mass is 10.1. The number of aromatic nitrogens is 6. The van der Waals surface area contributed by atoms with Gasteiger partial charge in [0.2, 0.25) is 0 Å². The molecule has 0 aliphatic heterocycles. The van der Waals surface area contributed by atoms with Gasteiger partial charge >= 0.3 is 0 Å². The fraction of sp³-hybridized carbons (Fsp3) is 0.316. The average molecular weight is 363 g/mol. The van der Waals surface area contributed by atoms with E-state index in [2.05, 4.69) is 25.5 Å². The highest BCUT2D eigenvalue weighted by atomic mass is 16.1. The van der Waals surface area contributed by atoms with Crippen molar-refractivity contribution >= 4 is 33.7 Å². The van der Waals surface area contributed by atoms with Crippen LogP contribution in [0, 0.1) is 13.8 Å². The lowest BCUT2D eigenvalue weighted by Crippen LogP contribution is -2.15. The highest BCUT2D eigenvalue weighted by molar-refractivity contribution is 6.07. The average Bonchev–Trinajstić information content (AvgIpc) is 3.15. The largest absolute Gasteiger partial charge is 0.321 e. The van der Waals surface area contributed by atoms with Crippen molar-refractivity contribution in [1.29, 1.82) is 0 Å². The SMILES string of the molecule is Cc1nc2c(cnn2C(C)C)cc1C(=O)Nc1cnc2c(c1)c(C)nn2C. The summed E-state index contributed by atoms with van der Waals surface area (Å²) in [4.78, 5) is 21.8. The molecule has 8 nitrogen and oxygen atoms in total. The molecular formula is C19H21N7O. The maximum atomic E-state index is 12.8. The molecule has 1 N–H and O–H groups in total. The second-order valence-corrected chi connectivity index (χ2v) is 6.98. The van der Waals surface area contributed by atoms with Gasteiger partial charge in [-0.15, -0.1) is 0 Å². The van der Waals surface area contributed by atoms with E-state index in [0.29, 0.717) is 16.9 Å². The van der Waals surface area contributed by atoms with Crippen molar-refractivity contribution in [2.24, 2.45) is 7.05 Å². The van der Waals surface area contributed by atoms with E-state index < -0.39 is 0 Å². The standard InChI is InChI=1S/C19H21N7O/c1-10(2)26-17-13(8-21-26)6-16(11(3)22-17)19(27)23-14-7-15-12(4)24-25(5)18(15)20-9-14/h6-10H,1-5H3,(H,23,27). The number of fused-ring (bicyclic) bond motifs is 2. The second-order valence-electron chi connectivity index (χ2n) is 6.98. The maximum absolute atomic E-state index is 12.8. The Balaban J connectivity index is 1.68. The molecule has 0 atom stereocenters. The van der Waals surface area contributed by atoms with Gasteiger partial charge in [0, 0.05) is 23.9 Å². The van der Waals surface area contributed by atoms with Crippen molar-refractivity contribution in [1.82, 2.24) is 29.5 Å². The summed E-state index contributed by atoms with van der Waals surface area (Å²) in [5, 5.41) is 13.4. The summed E-state index contributed by atoms with van der Waals surface area (Å²) in [5.41, 5.74) is 4.25. The second kappa shape index (κ2) is 6.15. The smallest absolute Gasteiger partial charge is 0.257 e. The number of aryl methyl sites for hydroxylation is 3. The summed E-state index contributed by atoms with van der Waals surface area (Å²) >= 11 is 0. The number of hydrogen-bond acceptors (Lipinski definition) is 5. The Bertz CT molecular complexity index is 1190. The quantitative estimate of drug-likeness (QED) is 0.604. The molecule has 0 saturated carbocycles. The first-order valence-corrected chi connectivity index (χ1v) is 8.80. The highest BCUT2D eigenvalue weighted by Crippen LogP contribution is 2.22. The molecule has 0 aromatic carbocycles. The number of pyridine rings is 2. The van der Waals surface area contributed by atoms with Gasteiger partial charge in [-0.2, -0.15) is 10.2 Å². The zero-order chi connectivity index (χ0) is 19.3. The number of carbonyl (C=O) groups excluding carboxylic acids is 1. The predicted molar refractivity (Wildman–Crippen MR) is 104 cm³/mol. The van der Waals surface area contributed by atoms with Crippen molar-refractivity contribution in [3.05, 3.63) is 41.5 Å². The Morgan fingerprint density at radius 1 is 1.11 bits per heavy atom. The van der Waals surface area contributed by atoms with Crippen molar-refractivity contribution in [3.8, 4) is 0 Å². The molecule has 4 rings (SSSR count). The van der Waals surface area contributed by atoms with Crippen LogP contribution in [0.25, 0.3) is 22.1 Å². The van der Waals surface area contributed by atoms with Crippen molar-refractivity contribution < 1.29 is 4.79 Å². The van der Waals surface area contributed by atoms with E-state index >= 15 is 0 Å². The van der Waals surface area contributed by atoms with Crippen LogP contribution >= 0.6 is 0 Å². The number of nitrogens with one attached hydrogen (secondary N) is 1. The summed E-state index contributed by atoms with van der Waals surface area (Å²) < 4.78 is 3.58. The highest BCUT2D eigenvalue weighted by Gasteiger charge is 2.16. The van der Waals surface area contributed by atoms with Crippen LogP contribution in [-0.4, -0.2) is 35.4 Å². The molecular weight excluding hydrogens is 342 g/mol. The van der Waals surface area contributed by atoms with E-state index in [1.54, 1.807) is 17.1 Å². The summed E-state index contributed by atoms with van der Waals surface area (Å²) in [5.74, 6) is -0.220. The Morgan fingerprint density at radius 2 is 1.89 bits per heavy atom. The monoisotopic (exact) mass is 363 g/mol. The Kier molecular flexibility index (Phi) is 3.91. The fourth-order valence-electron chi connectivity index (χ4n) is 3.25. The van der Waals surface area contributed by atoms with Gasteiger partial charge in [0.25, 0.3) is 5.91 Å². The molecule has 0 unspecified atom stereocenters. The maximum Gasteiger partial charge on any atom is 0.257 e. The summed E-state index contributed by atoms with van der Waals surface area (Å²) in [6.45, 7) is 7.85. The van der Waals surface area contributed by atoms with Crippen molar-refractivity contribution in [2.75, 3.05) is 5.32 Å². The first-order valence-electron chi connectivity index (χ1n) is 8.80. The zero-order valence-corrected chi connectivity index (χ0v) is 16.0. The van der Waals surface area contributed by atoms with E-state index in [1.165, 1.54) is 0 Å². The first kappa shape index (κ1) is 17.1. The first-order chi connectivity index (χ1) is 12.8. The number of nitrogens with zero attached hydrogens (tertiary/aromatic N) is 6. The molecule has 0 saturated heterocycles. The zero-order valence-electron chi connectivity index (χ0n) is 16.0. The van der Waals surface area contributed by atoms with Crippen LogP contribution in [0.1, 0.15) is 41.6 Å². The molecule has 0 spiro atoms.